The van der Waals surface area contributed by atoms with Gasteiger partial charge in [-0.15, -0.1) is 10.2 Å². The number of hydrogen-bond donors (Lipinski definition) is 1. The van der Waals surface area contributed by atoms with Gasteiger partial charge < -0.3 is 10.2 Å². The molecule has 0 fully saturated rings. The summed E-state index contributed by atoms with van der Waals surface area (Å²) in [7, 11) is 0. The van der Waals surface area contributed by atoms with Crippen molar-refractivity contribution >= 4 is 28.3 Å². The fourth-order valence-corrected chi connectivity index (χ4v) is 3.89. The number of nitrogens with zero attached hydrogens (tertiary/aromatic N) is 3. The first-order valence-corrected chi connectivity index (χ1v) is 11.2. The molecule has 0 spiro atoms. The number of nitrogens with one attached hydrogen (secondary N) is 1. The first-order chi connectivity index (χ1) is 15.8. The maximum Gasteiger partial charge on any atom is 0.416 e. The second-order valence-corrected chi connectivity index (χ2v) is 8.31. The van der Waals surface area contributed by atoms with Crippen LogP contribution in [0.25, 0.3) is 10.6 Å². The molecule has 1 heterocycles. The predicted molar refractivity (Wildman–Crippen MR) is 121 cm³/mol. The first-order valence-electron chi connectivity index (χ1n) is 10.4. The van der Waals surface area contributed by atoms with Crippen molar-refractivity contribution in [3.05, 3.63) is 65.7 Å². The van der Waals surface area contributed by atoms with Gasteiger partial charge in [0, 0.05) is 25.1 Å². The second-order valence-electron chi connectivity index (χ2n) is 7.33. The van der Waals surface area contributed by atoms with E-state index in [2.05, 4.69) is 15.5 Å². The molecule has 0 atom stereocenters. The zero-order valence-corrected chi connectivity index (χ0v) is 18.7. The van der Waals surface area contributed by atoms with Crippen LogP contribution in [0.2, 0.25) is 0 Å². The maximum absolute atomic E-state index is 12.7. The van der Waals surface area contributed by atoms with Crippen LogP contribution in [-0.2, 0) is 22.2 Å². The third-order valence-corrected chi connectivity index (χ3v) is 5.67. The molecule has 0 saturated carbocycles. The monoisotopic (exact) mass is 476 g/mol. The highest BCUT2D eigenvalue weighted by Gasteiger charge is 2.30. The molecular weight excluding hydrogens is 453 g/mol. The molecule has 1 aromatic heterocycles. The number of amides is 2. The summed E-state index contributed by atoms with van der Waals surface area (Å²) >= 11 is 1.06. The van der Waals surface area contributed by atoms with Gasteiger partial charge in [0.05, 0.1) is 12.0 Å². The summed E-state index contributed by atoms with van der Waals surface area (Å²) in [6, 6.07) is 14.0. The summed E-state index contributed by atoms with van der Waals surface area (Å²) in [5.41, 5.74) is 0.641. The van der Waals surface area contributed by atoms with Gasteiger partial charge in [-0.2, -0.15) is 13.2 Å². The highest BCUT2D eigenvalue weighted by molar-refractivity contribution is 7.18. The zero-order chi connectivity index (χ0) is 23.8. The third kappa shape index (κ3) is 7.11. The molecule has 0 radical (unpaired) electrons. The minimum atomic E-state index is -4.41. The lowest BCUT2D eigenvalue weighted by Gasteiger charge is -2.22. The van der Waals surface area contributed by atoms with Crippen molar-refractivity contribution in [1.29, 1.82) is 0 Å². The van der Waals surface area contributed by atoms with Crippen LogP contribution in [0.15, 0.2) is 54.6 Å². The Morgan fingerprint density at radius 3 is 2.33 bits per heavy atom. The van der Waals surface area contributed by atoms with Crippen LogP contribution in [-0.4, -0.2) is 40.0 Å². The van der Waals surface area contributed by atoms with E-state index in [-0.39, 0.29) is 36.3 Å². The summed E-state index contributed by atoms with van der Waals surface area (Å²) in [6.45, 7) is 2.79. The van der Waals surface area contributed by atoms with Gasteiger partial charge in [0.2, 0.25) is 16.9 Å². The molecule has 3 rings (SSSR count). The Morgan fingerprint density at radius 2 is 1.70 bits per heavy atom. The van der Waals surface area contributed by atoms with Gasteiger partial charge in [0.1, 0.15) is 5.01 Å². The number of carbonyl (C=O) groups excluding carboxylic acids is 2. The Morgan fingerprint density at radius 1 is 1.00 bits per heavy atom. The molecular formula is C23H23F3N4O2S. The van der Waals surface area contributed by atoms with Crippen LogP contribution in [0.1, 0.15) is 30.9 Å². The fourth-order valence-electron chi connectivity index (χ4n) is 3.12. The van der Waals surface area contributed by atoms with Crippen molar-refractivity contribution in [3.63, 3.8) is 0 Å². The molecule has 2 amide bonds. The minimum absolute atomic E-state index is 0.0450. The Balaban J connectivity index is 1.54. The van der Waals surface area contributed by atoms with Crippen LogP contribution in [0.4, 0.5) is 18.3 Å². The molecule has 10 heteroatoms. The number of anilines is 1. The Labute approximate surface area is 193 Å². The smallest absolute Gasteiger partial charge is 0.342 e. The van der Waals surface area contributed by atoms with Crippen LogP contribution in [0.3, 0.4) is 0 Å². The van der Waals surface area contributed by atoms with Gasteiger partial charge in [-0.1, -0.05) is 60.7 Å². The lowest BCUT2D eigenvalue weighted by atomic mass is 10.1. The topological polar surface area (TPSA) is 75.2 Å². The maximum atomic E-state index is 12.7. The molecule has 3 aromatic rings. The standard InChI is InChI=1S/C23H23F3N4O2S/c1-2-13-30(20(32)15-16-6-4-3-5-7-16)14-12-19(31)27-22-29-28-21(33-22)17-8-10-18(11-9-17)23(24,25)26/h3-11H,2,12-15H2,1H3,(H,27,29,31). The average Bonchev–Trinajstić information content (AvgIpc) is 3.25. The lowest BCUT2D eigenvalue weighted by molar-refractivity contribution is -0.137. The molecule has 0 aliphatic heterocycles. The number of carbonyl (C=O) groups is 2. The Bertz CT molecular complexity index is 1070. The highest BCUT2D eigenvalue weighted by atomic mass is 32.1. The van der Waals surface area contributed by atoms with E-state index in [1.165, 1.54) is 12.1 Å². The summed E-state index contributed by atoms with van der Waals surface area (Å²) in [5, 5.41) is 11.1. The van der Waals surface area contributed by atoms with E-state index in [4.69, 9.17) is 0 Å². The van der Waals surface area contributed by atoms with E-state index >= 15 is 0 Å². The van der Waals surface area contributed by atoms with Crippen LogP contribution in [0, 0.1) is 0 Å². The quantitative estimate of drug-likeness (QED) is 0.470. The van der Waals surface area contributed by atoms with Crippen molar-refractivity contribution in [2.24, 2.45) is 0 Å². The fraction of sp³-hybridized carbons (Fsp3) is 0.304. The molecule has 6 nitrogen and oxygen atoms in total. The lowest BCUT2D eigenvalue weighted by Crippen LogP contribution is -2.35. The highest BCUT2D eigenvalue weighted by Crippen LogP contribution is 2.32. The van der Waals surface area contributed by atoms with Gasteiger partial charge in [0.25, 0.3) is 0 Å². The van der Waals surface area contributed by atoms with Gasteiger partial charge in [-0.05, 0) is 24.1 Å². The second kappa shape index (κ2) is 11.0. The van der Waals surface area contributed by atoms with E-state index in [1.807, 2.05) is 37.3 Å². The number of halogens is 3. The Hall–Kier alpha value is -3.27. The molecule has 2 aromatic carbocycles. The summed E-state index contributed by atoms with van der Waals surface area (Å²) in [5.74, 6) is -0.366. The number of rotatable bonds is 9. The van der Waals surface area contributed by atoms with Crippen molar-refractivity contribution in [2.45, 2.75) is 32.4 Å². The summed E-state index contributed by atoms with van der Waals surface area (Å²) in [6.07, 6.45) is -3.27. The largest absolute Gasteiger partial charge is 0.416 e. The summed E-state index contributed by atoms with van der Waals surface area (Å²) in [4.78, 5) is 26.7. The van der Waals surface area contributed by atoms with Crippen molar-refractivity contribution in [3.8, 4) is 10.6 Å². The van der Waals surface area contributed by atoms with E-state index in [0.717, 1.165) is 35.5 Å². The molecule has 174 valence electrons. The van der Waals surface area contributed by atoms with Gasteiger partial charge >= 0.3 is 6.18 Å². The first kappa shape index (κ1) is 24.4. The zero-order valence-electron chi connectivity index (χ0n) is 17.9. The molecule has 0 unspecified atom stereocenters. The predicted octanol–water partition coefficient (Wildman–Crippen LogP) is 5.03. The average molecular weight is 477 g/mol. The van der Waals surface area contributed by atoms with Crippen molar-refractivity contribution in [2.75, 3.05) is 18.4 Å². The molecule has 0 bridgehead atoms. The molecule has 1 N–H and O–H groups in total. The minimum Gasteiger partial charge on any atom is -0.342 e. The summed E-state index contributed by atoms with van der Waals surface area (Å²) < 4.78 is 38.1. The van der Waals surface area contributed by atoms with Crippen LogP contribution < -0.4 is 5.32 Å². The Kier molecular flexibility index (Phi) is 8.16. The molecule has 33 heavy (non-hydrogen) atoms. The van der Waals surface area contributed by atoms with E-state index < -0.39 is 11.7 Å². The number of hydrogen-bond acceptors (Lipinski definition) is 5. The van der Waals surface area contributed by atoms with E-state index in [1.54, 1.807) is 4.90 Å². The number of alkyl halides is 3. The van der Waals surface area contributed by atoms with E-state index in [9.17, 15) is 22.8 Å². The SMILES string of the molecule is CCCN(CCC(=O)Nc1nnc(-c2ccc(C(F)(F)F)cc2)s1)C(=O)Cc1ccccc1. The van der Waals surface area contributed by atoms with Crippen LogP contribution in [0.5, 0.6) is 0 Å². The van der Waals surface area contributed by atoms with E-state index in [0.29, 0.717) is 17.1 Å². The molecule has 0 aliphatic carbocycles. The molecule has 0 saturated heterocycles. The van der Waals surface area contributed by atoms with Gasteiger partial charge in [0.15, 0.2) is 0 Å². The normalized spacial score (nSPS) is 11.3. The van der Waals surface area contributed by atoms with Gasteiger partial charge in [-0.25, -0.2) is 0 Å². The van der Waals surface area contributed by atoms with Crippen molar-refractivity contribution < 1.29 is 22.8 Å². The number of aromatic nitrogens is 2. The van der Waals surface area contributed by atoms with Gasteiger partial charge in [-0.3, -0.25) is 9.59 Å². The third-order valence-electron chi connectivity index (χ3n) is 4.78. The van der Waals surface area contributed by atoms with Crippen molar-refractivity contribution in [1.82, 2.24) is 15.1 Å². The van der Waals surface area contributed by atoms with Crippen LogP contribution >= 0.6 is 11.3 Å². The number of benzene rings is 2. The molecule has 0 aliphatic rings.